The van der Waals surface area contributed by atoms with E-state index in [2.05, 4.69) is 5.32 Å². The van der Waals surface area contributed by atoms with Gasteiger partial charge in [0.25, 0.3) is 0 Å². The number of nitrogens with one attached hydrogen (secondary N) is 1. The van der Waals surface area contributed by atoms with Crippen LogP contribution in [0.1, 0.15) is 45.4 Å². The maximum absolute atomic E-state index is 9.20. The second-order valence-corrected chi connectivity index (χ2v) is 5.27. The maximum Gasteiger partial charge on any atom is 0.0610 e. The molecule has 1 saturated carbocycles. The molecular formula is C13H27NO2. The van der Waals surface area contributed by atoms with Crippen LogP contribution in [-0.4, -0.2) is 37.5 Å². The van der Waals surface area contributed by atoms with Gasteiger partial charge in [0.15, 0.2) is 0 Å². The highest BCUT2D eigenvalue weighted by Gasteiger charge is 2.20. The van der Waals surface area contributed by atoms with E-state index < -0.39 is 0 Å². The molecule has 3 nitrogen and oxygen atoms in total. The minimum absolute atomic E-state index is 0.142. The zero-order chi connectivity index (χ0) is 11.9. The molecule has 0 radical (unpaired) electrons. The molecule has 0 aromatic heterocycles. The molecule has 1 rings (SSSR count). The van der Waals surface area contributed by atoms with Gasteiger partial charge in [0.1, 0.15) is 0 Å². The Morgan fingerprint density at radius 3 is 2.62 bits per heavy atom. The van der Waals surface area contributed by atoms with E-state index >= 15 is 0 Å². The fourth-order valence-electron chi connectivity index (χ4n) is 1.98. The van der Waals surface area contributed by atoms with E-state index in [1.54, 1.807) is 0 Å². The summed E-state index contributed by atoms with van der Waals surface area (Å²) in [5, 5.41) is 12.3. The smallest absolute Gasteiger partial charge is 0.0610 e. The molecule has 3 heteroatoms. The Labute approximate surface area is 99.6 Å². The summed E-state index contributed by atoms with van der Waals surface area (Å²) >= 11 is 0. The Morgan fingerprint density at radius 1 is 1.38 bits per heavy atom. The molecule has 1 aliphatic carbocycles. The average molecular weight is 229 g/mol. The molecule has 0 saturated heterocycles. The van der Waals surface area contributed by atoms with E-state index in [1.807, 2.05) is 14.0 Å². The van der Waals surface area contributed by atoms with Crippen molar-refractivity contribution in [2.45, 2.75) is 51.0 Å². The van der Waals surface area contributed by atoms with Gasteiger partial charge in [-0.2, -0.15) is 0 Å². The van der Waals surface area contributed by atoms with Crippen molar-refractivity contribution in [1.29, 1.82) is 0 Å². The summed E-state index contributed by atoms with van der Waals surface area (Å²) in [7, 11) is 1.90. The zero-order valence-corrected chi connectivity index (χ0v) is 10.8. The molecule has 2 N–H and O–H groups in total. The largest absolute Gasteiger partial charge is 0.394 e. The summed E-state index contributed by atoms with van der Waals surface area (Å²) in [5.41, 5.74) is -0.142. The Hall–Kier alpha value is -0.120. The molecule has 0 bridgehead atoms. The van der Waals surface area contributed by atoms with Crippen LogP contribution in [0.4, 0.5) is 0 Å². The van der Waals surface area contributed by atoms with Crippen molar-refractivity contribution in [2.24, 2.45) is 5.92 Å². The Morgan fingerprint density at radius 2 is 2.12 bits per heavy atom. The van der Waals surface area contributed by atoms with Gasteiger partial charge in [0, 0.05) is 18.8 Å². The van der Waals surface area contributed by atoms with Crippen LogP contribution in [0.2, 0.25) is 0 Å². The maximum atomic E-state index is 9.20. The lowest BCUT2D eigenvalue weighted by molar-refractivity contribution is 0.0927. The molecule has 96 valence electrons. The minimum Gasteiger partial charge on any atom is -0.394 e. The fraction of sp³-hybridized carbons (Fsp3) is 1.00. The van der Waals surface area contributed by atoms with Crippen molar-refractivity contribution in [3.63, 3.8) is 0 Å². The molecule has 0 aliphatic heterocycles. The first-order valence-corrected chi connectivity index (χ1v) is 6.58. The first-order valence-electron chi connectivity index (χ1n) is 6.58. The van der Waals surface area contributed by atoms with Crippen LogP contribution >= 0.6 is 0 Å². The highest BCUT2D eigenvalue weighted by Crippen LogP contribution is 2.29. The second-order valence-electron chi connectivity index (χ2n) is 5.27. The first-order chi connectivity index (χ1) is 7.70. The molecular weight excluding hydrogens is 202 g/mol. The van der Waals surface area contributed by atoms with Crippen LogP contribution in [-0.2, 0) is 4.74 Å². The molecule has 0 heterocycles. The van der Waals surface area contributed by atoms with E-state index in [0.29, 0.717) is 0 Å². The molecule has 16 heavy (non-hydrogen) atoms. The van der Waals surface area contributed by atoms with Gasteiger partial charge < -0.3 is 15.2 Å². The summed E-state index contributed by atoms with van der Waals surface area (Å²) in [6, 6.07) is 0. The van der Waals surface area contributed by atoms with Gasteiger partial charge in [-0.05, 0) is 39.2 Å². The normalized spacial score (nSPS) is 20.4. The number of ether oxygens (including phenoxy) is 1. The van der Waals surface area contributed by atoms with Gasteiger partial charge in [-0.1, -0.05) is 19.3 Å². The van der Waals surface area contributed by atoms with Crippen LogP contribution in [0, 0.1) is 5.92 Å². The highest BCUT2D eigenvalue weighted by molar-refractivity contribution is 4.79. The standard InChI is InChI=1S/C13H27NO2/c1-13(11-15,14-2)8-4-9-16-10-7-12-5-3-6-12/h12,14-15H,3-11H2,1-2H3. The van der Waals surface area contributed by atoms with Crippen LogP contribution < -0.4 is 5.32 Å². The van der Waals surface area contributed by atoms with Gasteiger partial charge >= 0.3 is 0 Å². The van der Waals surface area contributed by atoms with Crippen molar-refractivity contribution in [2.75, 3.05) is 26.9 Å². The van der Waals surface area contributed by atoms with Crippen LogP contribution in [0.15, 0.2) is 0 Å². The molecule has 1 unspecified atom stereocenters. The Bertz CT molecular complexity index is 177. The van der Waals surface area contributed by atoms with Crippen LogP contribution in [0.3, 0.4) is 0 Å². The third-order valence-corrected chi connectivity index (χ3v) is 3.86. The Kier molecular flexibility index (Phi) is 6.32. The van der Waals surface area contributed by atoms with Crippen molar-refractivity contribution in [3.05, 3.63) is 0 Å². The summed E-state index contributed by atoms with van der Waals surface area (Å²) in [4.78, 5) is 0. The molecule has 1 aliphatic rings. The average Bonchev–Trinajstić information content (AvgIpc) is 2.25. The quantitative estimate of drug-likeness (QED) is 0.594. The lowest BCUT2D eigenvalue weighted by atomic mass is 9.83. The fourth-order valence-corrected chi connectivity index (χ4v) is 1.98. The van der Waals surface area contributed by atoms with E-state index in [1.165, 1.54) is 25.7 Å². The predicted octanol–water partition coefficient (Wildman–Crippen LogP) is 1.94. The van der Waals surface area contributed by atoms with E-state index in [9.17, 15) is 5.11 Å². The third-order valence-electron chi connectivity index (χ3n) is 3.86. The molecule has 0 spiro atoms. The van der Waals surface area contributed by atoms with E-state index in [-0.39, 0.29) is 12.1 Å². The lowest BCUT2D eigenvalue weighted by Crippen LogP contribution is -2.43. The number of hydrogen-bond acceptors (Lipinski definition) is 3. The van der Waals surface area contributed by atoms with E-state index in [0.717, 1.165) is 32.0 Å². The third kappa shape index (κ3) is 4.81. The predicted molar refractivity (Wildman–Crippen MR) is 66.6 cm³/mol. The monoisotopic (exact) mass is 229 g/mol. The van der Waals surface area contributed by atoms with Crippen molar-refractivity contribution < 1.29 is 9.84 Å². The van der Waals surface area contributed by atoms with Gasteiger partial charge in [-0.15, -0.1) is 0 Å². The number of likely N-dealkylation sites (N-methyl/N-ethyl adjacent to an activating group) is 1. The number of hydrogen-bond donors (Lipinski definition) is 2. The van der Waals surface area contributed by atoms with Crippen molar-refractivity contribution in [3.8, 4) is 0 Å². The van der Waals surface area contributed by atoms with Crippen molar-refractivity contribution in [1.82, 2.24) is 5.32 Å². The van der Waals surface area contributed by atoms with Gasteiger partial charge in [-0.3, -0.25) is 0 Å². The van der Waals surface area contributed by atoms with Gasteiger partial charge in [0.05, 0.1) is 6.61 Å². The lowest BCUT2D eigenvalue weighted by Gasteiger charge is -2.27. The van der Waals surface area contributed by atoms with Gasteiger partial charge in [-0.25, -0.2) is 0 Å². The minimum atomic E-state index is -0.142. The summed E-state index contributed by atoms with van der Waals surface area (Å²) in [5.74, 6) is 0.944. The van der Waals surface area contributed by atoms with Gasteiger partial charge in [0.2, 0.25) is 0 Å². The molecule has 1 fully saturated rings. The summed E-state index contributed by atoms with van der Waals surface area (Å²) in [6.07, 6.45) is 7.45. The van der Waals surface area contributed by atoms with Crippen molar-refractivity contribution >= 4 is 0 Å². The zero-order valence-electron chi connectivity index (χ0n) is 10.8. The van der Waals surface area contributed by atoms with E-state index in [4.69, 9.17) is 4.74 Å². The summed E-state index contributed by atoms with van der Waals surface area (Å²) in [6.45, 7) is 3.97. The highest BCUT2D eigenvalue weighted by atomic mass is 16.5. The second kappa shape index (κ2) is 7.25. The number of aliphatic hydroxyl groups excluding tert-OH is 1. The first kappa shape index (κ1) is 13.9. The summed E-state index contributed by atoms with van der Waals surface area (Å²) < 4.78 is 5.62. The molecule has 0 aromatic carbocycles. The van der Waals surface area contributed by atoms with Crippen LogP contribution in [0.25, 0.3) is 0 Å². The molecule has 0 amide bonds. The molecule has 1 atom stereocenters. The topological polar surface area (TPSA) is 41.5 Å². The molecule has 0 aromatic rings. The number of aliphatic hydroxyl groups is 1. The Balaban J connectivity index is 1.90. The van der Waals surface area contributed by atoms with Crippen LogP contribution in [0.5, 0.6) is 0 Å². The SMILES string of the molecule is CNC(C)(CO)CCCOCCC1CCC1. The number of rotatable bonds is 9.